The highest BCUT2D eigenvalue weighted by Gasteiger charge is 2.09. The Labute approximate surface area is 95.4 Å². The Hall–Kier alpha value is -1.77. The van der Waals surface area contributed by atoms with E-state index in [0.717, 1.165) is 11.1 Å². The number of hydrogen-bond donors (Lipinski definition) is 1. The van der Waals surface area contributed by atoms with Crippen LogP contribution in [0.3, 0.4) is 0 Å². The molecule has 0 atom stereocenters. The molecule has 1 aromatic carbocycles. The lowest BCUT2D eigenvalue weighted by Gasteiger charge is -2.09. The van der Waals surface area contributed by atoms with Gasteiger partial charge in [0.15, 0.2) is 0 Å². The third-order valence-electron chi connectivity index (χ3n) is 2.23. The molecule has 0 aliphatic heterocycles. The van der Waals surface area contributed by atoms with Crippen LogP contribution in [0.25, 0.3) is 0 Å². The molecule has 1 rings (SSSR count). The van der Waals surface area contributed by atoms with Gasteiger partial charge in [0.25, 0.3) is 0 Å². The Morgan fingerprint density at radius 2 is 2.06 bits per heavy atom. The van der Waals surface area contributed by atoms with Crippen molar-refractivity contribution in [2.75, 3.05) is 0 Å². The van der Waals surface area contributed by atoms with Crippen molar-refractivity contribution in [3.63, 3.8) is 0 Å². The molecule has 86 valence electrons. The zero-order valence-electron chi connectivity index (χ0n) is 9.83. The van der Waals surface area contributed by atoms with Crippen molar-refractivity contribution in [1.29, 1.82) is 0 Å². The summed E-state index contributed by atoms with van der Waals surface area (Å²) in [6.45, 7) is 8.88. The minimum atomic E-state index is -0.446. The quantitative estimate of drug-likeness (QED) is 0.629. The molecule has 1 aromatic rings. The van der Waals surface area contributed by atoms with Gasteiger partial charge in [-0.3, -0.25) is 0 Å². The Morgan fingerprint density at radius 1 is 1.44 bits per heavy atom. The van der Waals surface area contributed by atoms with E-state index in [1.54, 1.807) is 13.0 Å². The molecular weight excluding hydrogens is 204 g/mol. The standard InChI is InChI=1S/C13H16O3/c1-8(2)13(15)16-7-11-6-9(3)5-10(4)12(11)14/h5-6,14H,1,7H2,2-4H3. The van der Waals surface area contributed by atoms with Crippen molar-refractivity contribution in [3.05, 3.63) is 41.0 Å². The first-order valence-corrected chi connectivity index (χ1v) is 5.03. The van der Waals surface area contributed by atoms with Crippen molar-refractivity contribution in [1.82, 2.24) is 0 Å². The van der Waals surface area contributed by atoms with E-state index in [1.165, 1.54) is 0 Å². The van der Waals surface area contributed by atoms with E-state index in [2.05, 4.69) is 6.58 Å². The summed E-state index contributed by atoms with van der Waals surface area (Å²) in [6, 6.07) is 3.67. The van der Waals surface area contributed by atoms with Crippen molar-refractivity contribution >= 4 is 5.97 Å². The third-order valence-corrected chi connectivity index (χ3v) is 2.23. The summed E-state index contributed by atoms with van der Waals surface area (Å²) in [5.74, 6) is -0.265. The van der Waals surface area contributed by atoms with Crippen LogP contribution in [0.1, 0.15) is 23.6 Å². The molecule has 0 bridgehead atoms. The van der Waals surface area contributed by atoms with E-state index in [1.807, 2.05) is 19.9 Å². The van der Waals surface area contributed by atoms with Gasteiger partial charge in [-0.05, 0) is 32.4 Å². The maximum atomic E-state index is 11.2. The summed E-state index contributed by atoms with van der Waals surface area (Å²) in [4.78, 5) is 11.2. The van der Waals surface area contributed by atoms with Gasteiger partial charge in [-0.1, -0.05) is 18.2 Å². The smallest absolute Gasteiger partial charge is 0.333 e. The molecule has 0 fully saturated rings. The number of ether oxygens (including phenoxy) is 1. The number of aryl methyl sites for hydroxylation is 2. The maximum Gasteiger partial charge on any atom is 0.333 e. The third kappa shape index (κ3) is 2.86. The van der Waals surface area contributed by atoms with Crippen molar-refractivity contribution in [3.8, 4) is 5.75 Å². The summed E-state index contributed by atoms with van der Waals surface area (Å²) in [6.07, 6.45) is 0. The molecule has 0 amide bonds. The van der Waals surface area contributed by atoms with Crippen LogP contribution in [0.5, 0.6) is 5.75 Å². The number of aromatic hydroxyl groups is 1. The van der Waals surface area contributed by atoms with Crippen LogP contribution in [0.2, 0.25) is 0 Å². The van der Waals surface area contributed by atoms with E-state index in [0.29, 0.717) is 11.1 Å². The molecule has 0 aliphatic carbocycles. The fourth-order valence-corrected chi connectivity index (χ4v) is 1.42. The molecule has 0 saturated carbocycles. The minimum absolute atomic E-state index is 0.0695. The zero-order valence-corrected chi connectivity index (χ0v) is 9.83. The van der Waals surface area contributed by atoms with Gasteiger partial charge in [-0.2, -0.15) is 0 Å². The van der Waals surface area contributed by atoms with Crippen LogP contribution < -0.4 is 0 Å². The summed E-state index contributed by atoms with van der Waals surface area (Å²) < 4.78 is 4.98. The van der Waals surface area contributed by atoms with Gasteiger partial charge in [-0.25, -0.2) is 4.79 Å². The van der Waals surface area contributed by atoms with Gasteiger partial charge >= 0.3 is 5.97 Å². The van der Waals surface area contributed by atoms with Gasteiger partial charge < -0.3 is 9.84 Å². The predicted molar refractivity (Wildman–Crippen MR) is 62.2 cm³/mol. The Bertz CT molecular complexity index is 433. The van der Waals surface area contributed by atoms with Crippen LogP contribution in [0.15, 0.2) is 24.3 Å². The number of carbonyl (C=O) groups is 1. The molecule has 1 N–H and O–H groups in total. The number of hydrogen-bond acceptors (Lipinski definition) is 3. The average molecular weight is 220 g/mol. The second-order valence-corrected chi connectivity index (χ2v) is 3.95. The fraction of sp³-hybridized carbons (Fsp3) is 0.308. The van der Waals surface area contributed by atoms with Crippen LogP contribution in [0.4, 0.5) is 0 Å². The molecule has 0 aliphatic rings. The van der Waals surface area contributed by atoms with Crippen LogP contribution in [0, 0.1) is 13.8 Å². The van der Waals surface area contributed by atoms with Gasteiger partial charge in [0, 0.05) is 11.1 Å². The van der Waals surface area contributed by atoms with Gasteiger partial charge in [0.05, 0.1) is 0 Å². The number of phenolic OH excluding ortho intramolecular Hbond substituents is 1. The largest absolute Gasteiger partial charge is 0.507 e. The van der Waals surface area contributed by atoms with Crippen LogP contribution in [-0.2, 0) is 16.1 Å². The van der Waals surface area contributed by atoms with Crippen LogP contribution >= 0.6 is 0 Å². The van der Waals surface area contributed by atoms with E-state index in [9.17, 15) is 9.90 Å². The van der Waals surface area contributed by atoms with E-state index < -0.39 is 5.97 Å². The van der Waals surface area contributed by atoms with Crippen molar-refractivity contribution < 1.29 is 14.6 Å². The number of benzene rings is 1. The molecule has 0 heterocycles. The molecule has 16 heavy (non-hydrogen) atoms. The molecule has 3 nitrogen and oxygen atoms in total. The lowest BCUT2D eigenvalue weighted by molar-refractivity contribution is -0.140. The van der Waals surface area contributed by atoms with E-state index in [4.69, 9.17) is 4.74 Å². The van der Waals surface area contributed by atoms with Gasteiger partial charge in [-0.15, -0.1) is 0 Å². The predicted octanol–water partition coefficient (Wildman–Crippen LogP) is 2.63. The number of phenols is 1. The van der Waals surface area contributed by atoms with Crippen LogP contribution in [-0.4, -0.2) is 11.1 Å². The topological polar surface area (TPSA) is 46.5 Å². The number of carbonyl (C=O) groups excluding carboxylic acids is 1. The first-order valence-electron chi connectivity index (χ1n) is 5.03. The molecule has 3 heteroatoms. The number of rotatable bonds is 3. The summed E-state index contributed by atoms with van der Waals surface area (Å²) >= 11 is 0. The molecule has 0 spiro atoms. The summed E-state index contributed by atoms with van der Waals surface area (Å²) in [7, 11) is 0. The molecule has 0 aromatic heterocycles. The van der Waals surface area contributed by atoms with Crippen molar-refractivity contribution in [2.24, 2.45) is 0 Å². The minimum Gasteiger partial charge on any atom is -0.507 e. The highest BCUT2D eigenvalue weighted by atomic mass is 16.5. The van der Waals surface area contributed by atoms with Gasteiger partial charge in [0.1, 0.15) is 12.4 Å². The monoisotopic (exact) mass is 220 g/mol. The van der Waals surface area contributed by atoms with E-state index in [-0.39, 0.29) is 12.4 Å². The zero-order chi connectivity index (χ0) is 12.3. The van der Waals surface area contributed by atoms with Crippen molar-refractivity contribution in [2.45, 2.75) is 27.4 Å². The average Bonchev–Trinajstić information content (AvgIpc) is 2.20. The lowest BCUT2D eigenvalue weighted by atomic mass is 10.1. The fourth-order valence-electron chi connectivity index (χ4n) is 1.42. The van der Waals surface area contributed by atoms with E-state index >= 15 is 0 Å². The Morgan fingerprint density at radius 3 is 2.62 bits per heavy atom. The summed E-state index contributed by atoms with van der Waals surface area (Å²) in [5.41, 5.74) is 2.77. The maximum absolute atomic E-state index is 11.2. The second kappa shape index (κ2) is 4.84. The SMILES string of the molecule is C=C(C)C(=O)OCc1cc(C)cc(C)c1O. The highest BCUT2D eigenvalue weighted by Crippen LogP contribution is 2.24. The first kappa shape index (κ1) is 12.3. The molecular formula is C13H16O3. The number of esters is 1. The lowest BCUT2D eigenvalue weighted by Crippen LogP contribution is -2.05. The highest BCUT2D eigenvalue weighted by molar-refractivity contribution is 5.86. The molecule has 0 unspecified atom stereocenters. The first-order chi connectivity index (χ1) is 7.41. The summed E-state index contributed by atoms with van der Waals surface area (Å²) in [5, 5.41) is 9.76. The molecule has 0 saturated heterocycles. The molecule has 0 radical (unpaired) electrons. The Kier molecular flexibility index (Phi) is 3.72. The second-order valence-electron chi connectivity index (χ2n) is 3.95. The Balaban J connectivity index is 2.82. The van der Waals surface area contributed by atoms with Gasteiger partial charge in [0.2, 0.25) is 0 Å². The normalized spacial score (nSPS) is 9.94.